The molecule has 0 aliphatic heterocycles. The molecule has 21 heavy (non-hydrogen) atoms. The summed E-state index contributed by atoms with van der Waals surface area (Å²) >= 11 is 0. The Labute approximate surface area is 117 Å². The molecule has 2 atom stereocenters. The third-order valence-electron chi connectivity index (χ3n) is 2.44. The third-order valence-corrected chi connectivity index (χ3v) is 2.44. The van der Waals surface area contributed by atoms with Gasteiger partial charge in [0.2, 0.25) is 5.91 Å². The van der Waals surface area contributed by atoms with Crippen molar-refractivity contribution >= 4 is 29.8 Å². The minimum Gasteiger partial charge on any atom is -0.481 e. The molecule has 0 saturated heterocycles. The molecular formula is C10H14N2O9. The molecular weight excluding hydrogens is 292 g/mol. The van der Waals surface area contributed by atoms with Crippen LogP contribution in [0.1, 0.15) is 12.8 Å². The first kappa shape index (κ1) is 18.3. The molecule has 0 aliphatic rings. The van der Waals surface area contributed by atoms with E-state index in [-0.39, 0.29) is 4.90 Å². The highest BCUT2D eigenvalue weighted by molar-refractivity contribution is 5.92. The summed E-state index contributed by atoms with van der Waals surface area (Å²) in [6.07, 6.45) is -2.19. The number of aliphatic carboxylic acids is 4. The van der Waals surface area contributed by atoms with Crippen LogP contribution in [0.2, 0.25) is 0 Å². The highest BCUT2D eigenvalue weighted by Crippen LogP contribution is 2.14. The van der Waals surface area contributed by atoms with E-state index in [4.69, 9.17) is 26.2 Å². The summed E-state index contributed by atoms with van der Waals surface area (Å²) in [6, 6.07) is -4.09. The van der Waals surface area contributed by atoms with Gasteiger partial charge in [0.1, 0.15) is 12.1 Å². The van der Waals surface area contributed by atoms with Crippen LogP contribution in [0.4, 0.5) is 0 Å². The lowest BCUT2D eigenvalue weighted by molar-refractivity contribution is -0.164. The Balaban J connectivity index is 5.73. The van der Waals surface area contributed by atoms with E-state index in [1.165, 1.54) is 0 Å². The highest BCUT2D eigenvalue weighted by Gasteiger charge is 2.40. The van der Waals surface area contributed by atoms with Crippen LogP contribution in [0.3, 0.4) is 0 Å². The van der Waals surface area contributed by atoms with Gasteiger partial charge in [-0.2, -0.15) is 0 Å². The van der Waals surface area contributed by atoms with E-state index in [0.29, 0.717) is 0 Å². The zero-order valence-electron chi connectivity index (χ0n) is 10.6. The van der Waals surface area contributed by atoms with Crippen molar-refractivity contribution in [1.29, 1.82) is 0 Å². The van der Waals surface area contributed by atoms with E-state index in [9.17, 15) is 24.0 Å². The van der Waals surface area contributed by atoms with Gasteiger partial charge in [0.15, 0.2) is 0 Å². The predicted molar refractivity (Wildman–Crippen MR) is 63.3 cm³/mol. The average molecular weight is 306 g/mol. The Kier molecular flexibility index (Phi) is 6.79. The Morgan fingerprint density at radius 2 is 1.14 bits per heavy atom. The molecule has 0 rings (SSSR count). The van der Waals surface area contributed by atoms with Crippen molar-refractivity contribution in [1.82, 2.24) is 4.90 Å². The van der Waals surface area contributed by atoms with Gasteiger partial charge in [0.05, 0.1) is 19.4 Å². The normalized spacial score (nSPS) is 13.0. The van der Waals surface area contributed by atoms with E-state index in [1.54, 1.807) is 0 Å². The van der Waals surface area contributed by atoms with Crippen molar-refractivity contribution in [2.75, 3.05) is 6.54 Å². The number of hydrogen-bond donors (Lipinski definition) is 5. The van der Waals surface area contributed by atoms with Crippen molar-refractivity contribution in [3.63, 3.8) is 0 Å². The molecule has 0 aliphatic carbocycles. The fourth-order valence-electron chi connectivity index (χ4n) is 1.61. The van der Waals surface area contributed by atoms with Gasteiger partial charge >= 0.3 is 23.9 Å². The van der Waals surface area contributed by atoms with Crippen LogP contribution in [-0.2, 0) is 24.0 Å². The van der Waals surface area contributed by atoms with Crippen LogP contribution in [-0.4, -0.2) is 73.7 Å². The van der Waals surface area contributed by atoms with Crippen LogP contribution in [0, 0.1) is 0 Å². The molecule has 0 radical (unpaired) electrons. The molecule has 0 fully saturated rings. The maximum atomic E-state index is 11.7. The van der Waals surface area contributed by atoms with E-state index < -0.39 is 61.3 Å². The number of rotatable bonds is 9. The summed E-state index contributed by atoms with van der Waals surface area (Å²) in [4.78, 5) is 55.3. The molecule has 0 aromatic rings. The van der Waals surface area contributed by atoms with Gasteiger partial charge in [0, 0.05) is 0 Å². The maximum absolute atomic E-state index is 11.7. The second kappa shape index (κ2) is 7.79. The summed E-state index contributed by atoms with van der Waals surface area (Å²) in [5.74, 6) is -7.95. The Bertz CT molecular complexity index is 427. The molecule has 118 valence electrons. The quantitative estimate of drug-likeness (QED) is 0.307. The molecule has 0 aromatic carbocycles. The zero-order chi connectivity index (χ0) is 16.7. The van der Waals surface area contributed by atoms with Crippen LogP contribution in [0.15, 0.2) is 0 Å². The third kappa shape index (κ3) is 5.44. The van der Waals surface area contributed by atoms with Crippen molar-refractivity contribution in [3.05, 3.63) is 0 Å². The van der Waals surface area contributed by atoms with Crippen molar-refractivity contribution in [3.8, 4) is 0 Å². The van der Waals surface area contributed by atoms with Gasteiger partial charge in [-0.15, -0.1) is 0 Å². The van der Waals surface area contributed by atoms with Gasteiger partial charge in [-0.25, -0.2) is 9.59 Å². The van der Waals surface area contributed by atoms with Crippen molar-refractivity contribution in [2.45, 2.75) is 24.9 Å². The molecule has 2 unspecified atom stereocenters. The second-order valence-electron chi connectivity index (χ2n) is 3.91. The monoisotopic (exact) mass is 306 g/mol. The predicted octanol–water partition coefficient (Wildman–Crippen LogP) is -2.37. The zero-order valence-corrected chi connectivity index (χ0v) is 10.6. The largest absolute Gasteiger partial charge is 0.481 e. The molecule has 0 bridgehead atoms. The molecule has 0 aromatic heterocycles. The number of hydrogen-bond acceptors (Lipinski definition) is 6. The van der Waals surface area contributed by atoms with Crippen LogP contribution < -0.4 is 5.73 Å². The van der Waals surface area contributed by atoms with Crippen molar-refractivity contribution < 1.29 is 44.4 Å². The van der Waals surface area contributed by atoms with Gasteiger partial charge < -0.3 is 31.1 Å². The minimum absolute atomic E-state index is 0.174. The SMILES string of the molecule is NCC(=O)N(C(CC(=O)O)C(=O)O)C(CC(=O)O)C(=O)O. The fraction of sp³-hybridized carbons (Fsp3) is 0.500. The van der Waals surface area contributed by atoms with E-state index >= 15 is 0 Å². The van der Waals surface area contributed by atoms with Crippen LogP contribution >= 0.6 is 0 Å². The number of nitrogens with two attached hydrogens (primary N) is 1. The Morgan fingerprint density at radius 1 is 0.810 bits per heavy atom. The first-order valence-electron chi connectivity index (χ1n) is 5.52. The van der Waals surface area contributed by atoms with E-state index in [2.05, 4.69) is 0 Å². The molecule has 0 spiro atoms. The Morgan fingerprint density at radius 3 is 1.33 bits per heavy atom. The lowest BCUT2D eigenvalue weighted by Crippen LogP contribution is -2.56. The number of amides is 1. The fourth-order valence-corrected chi connectivity index (χ4v) is 1.61. The van der Waals surface area contributed by atoms with Crippen molar-refractivity contribution in [2.24, 2.45) is 5.73 Å². The molecule has 11 nitrogen and oxygen atoms in total. The number of carboxylic acids is 4. The topological polar surface area (TPSA) is 196 Å². The summed E-state index contributed by atoms with van der Waals surface area (Å²) in [6.45, 7) is -0.799. The average Bonchev–Trinajstić information content (AvgIpc) is 2.34. The number of carbonyl (C=O) groups excluding carboxylic acids is 1. The number of carboxylic acid groups (broad SMARTS) is 4. The van der Waals surface area contributed by atoms with Crippen LogP contribution in [0.25, 0.3) is 0 Å². The minimum atomic E-state index is -2.04. The summed E-state index contributed by atoms with van der Waals surface area (Å²) < 4.78 is 0. The summed E-state index contributed by atoms with van der Waals surface area (Å²) in [5, 5.41) is 35.2. The van der Waals surface area contributed by atoms with Gasteiger partial charge in [-0.1, -0.05) is 0 Å². The van der Waals surface area contributed by atoms with E-state index in [1.807, 2.05) is 0 Å². The molecule has 0 heterocycles. The molecule has 11 heteroatoms. The summed E-state index contributed by atoms with van der Waals surface area (Å²) in [5.41, 5.74) is 5.04. The standard InChI is InChI=1S/C10H14N2O9/c11-3-6(13)12(4(9(18)19)1-7(14)15)5(10(20)21)2-8(16)17/h4-5H,1-3,11H2,(H,14,15)(H,16,17)(H,18,19)(H,20,21). The lowest BCUT2D eigenvalue weighted by Gasteiger charge is -2.32. The first-order chi connectivity index (χ1) is 9.61. The maximum Gasteiger partial charge on any atom is 0.327 e. The lowest BCUT2D eigenvalue weighted by atomic mass is 10.1. The van der Waals surface area contributed by atoms with E-state index in [0.717, 1.165) is 0 Å². The molecule has 1 amide bonds. The molecule has 0 saturated carbocycles. The second-order valence-corrected chi connectivity index (χ2v) is 3.91. The number of nitrogens with zero attached hydrogens (tertiary/aromatic N) is 1. The highest BCUT2D eigenvalue weighted by atomic mass is 16.4. The smallest absolute Gasteiger partial charge is 0.327 e. The number of carbonyl (C=O) groups is 5. The Hall–Kier alpha value is -2.69. The van der Waals surface area contributed by atoms with Gasteiger partial charge in [-0.05, 0) is 0 Å². The summed E-state index contributed by atoms with van der Waals surface area (Å²) in [7, 11) is 0. The first-order valence-corrected chi connectivity index (χ1v) is 5.52. The van der Waals surface area contributed by atoms with Gasteiger partial charge in [0.25, 0.3) is 0 Å². The molecule has 6 N–H and O–H groups in total. The van der Waals surface area contributed by atoms with Gasteiger partial charge in [-0.3, -0.25) is 14.4 Å². The van der Waals surface area contributed by atoms with Crippen LogP contribution in [0.5, 0.6) is 0 Å².